The van der Waals surface area contributed by atoms with Crippen molar-refractivity contribution in [3.8, 4) is 0 Å². The Morgan fingerprint density at radius 2 is 2.06 bits per heavy atom. The number of hydrogen-bond donors (Lipinski definition) is 3. The molecule has 1 fully saturated rings. The molecule has 0 spiro atoms. The van der Waals surface area contributed by atoms with Crippen LogP contribution in [0.25, 0.3) is 0 Å². The number of sulfonamides is 1. The number of nitrogens with two attached hydrogens (primary N) is 1. The van der Waals surface area contributed by atoms with Crippen molar-refractivity contribution in [1.82, 2.24) is 0 Å². The maximum atomic E-state index is 11.7. The van der Waals surface area contributed by atoms with Crippen LogP contribution in [0.5, 0.6) is 0 Å². The molecule has 0 unspecified atom stereocenters. The fourth-order valence-corrected chi connectivity index (χ4v) is 2.82. The Bertz CT molecular complexity index is 564. The van der Waals surface area contributed by atoms with Crippen molar-refractivity contribution in [3.63, 3.8) is 0 Å². The molecule has 17 heavy (non-hydrogen) atoms. The van der Waals surface area contributed by atoms with Crippen LogP contribution in [0.3, 0.4) is 0 Å². The van der Waals surface area contributed by atoms with Gasteiger partial charge in [-0.3, -0.25) is 4.72 Å². The molecule has 7 heteroatoms. The van der Waals surface area contributed by atoms with Gasteiger partial charge in [-0.15, -0.1) is 0 Å². The van der Waals surface area contributed by atoms with Gasteiger partial charge in [-0.25, -0.2) is 13.2 Å². The van der Waals surface area contributed by atoms with Gasteiger partial charge in [-0.1, -0.05) is 0 Å². The van der Waals surface area contributed by atoms with E-state index in [4.69, 9.17) is 10.8 Å². The second-order valence-corrected chi connectivity index (χ2v) is 5.91. The molecular weight excluding hydrogens is 244 g/mol. The number of carboxylic acid groups (broad SMARTS) is 1. The molecule has 0 radical (unpaired) electrons. The van der Waals surface area contributed by atoms with Gasteiger partial charge in [0.05, 0.1) is 22.2 Å². The number of carboxylic acids is 1. The van der Waals surface area contributed by atoms with Crippen molar-refractivity contribution in [3.05, 3.63) is 23.8 Å². The zero-order chi connectivity index (χ0) is 12.6. The highest BCUT2D eigenvalue weighted by Crippen LogP contribution is 2.31. The molecule has 1 aliphatic rings. The minimum Gasteiger partial charge on any atom is -0.478 e. The van der Waals surface area contributed by atoms with E-state index in [-0.39, 0.29) is 22.2 Å². The Labute approximate surface area is 98.5 Å². The highest BCUT2D eigenvalue weighted by atomic mass is 32.2. The summed E-state index contributed by atoms with van der Waals surface area (Å²) in [5.41, 5.74) is 5.95. The zero-order valence-corrected chi connectivity index (χ0v) is 9.70. The molecule has 1 aromatic rings. The average Bonchev–Trinajstić information content (AvgIpc) is 3.04. The molecule has 4 N–H and O–H groups in total. The largest absolute Gasteiger partial charge is 0.478 e. The van der Waals surface area contributed by atoms with E-state index in [9.17, 15) is 13.2 Å². The standard InChI is InChI=1S/C10H12N2O4S/c11-8-5-6(10(13)14)1-4-9(8)12-17(15,16)7-2-3-7/h1,4-5,7,12H,2-3,11H2,(H,13,14). The number of carbonyl (C=O) groups is 1. The van der Waals surface area contributed by atoms with E-state index in [1.54, 1.807) is 0 Å². The van der Waals surface area contributed by atoms with Crippen LogP contribution in [0, 0.1) is 0 Å². The normalized spacial score (nSPS) is 15.5. The van der Waals surface area contributed by atoms with Crippen molar-refractivity contribution in [2.75, 3.05) is 10.5 Å². The Balaban J connectivity index is 2.25. The Morgan fingerprint density at radius 1 is 1.41 bits per heavy atom. The third kappa shape index (κ3) is 2.50. The molecule has 0 saturated heterocycles. The maximum absolute atomic E-state index is 11.7. The third-order valence-electron chi connectivity index (χ3n) is 2.51. The molecule has 0 aromatic heterocycles. The van der Waals surface area contributed by atoms with Crippen molar-refractivity contribution in [2.45, 2.75) is 18.1 Å². The highest BCUT2D eigenvalue weighted by molar-refractivity contribution is 7.93. The summed E-state index contributed by atoms with van der Waals surface area (Å²) in [5.74, 6) is -1.10. The van der Waals surface area contributed by atoms with Crippen LogP contribution in [0.1, 0.15) is 23.2 Å². The first-order valence-corrected chi connectivity index (χ1v) is 6.59. The number of anilines is 2. The van der Waals surface area contributed by atoms with E-state index in [0.29, 0.717) is 12.8 Å². The topological polar surface area (TPSA) is 109 Å². The Morgan fingerprint density at radius 3 is 2.53 bits per heavy atom. The highest BCUT2D eigenvalue weighted by Gasteiger charge is 2.35. The first kappa shape index (κ1) is 11.7. The predicted octanol–water partition coefficient (Wildman–Crippen LogP) is 0.871. The predicted molar refractivity (Wildman–Crippen MR) is 63.4 cm³/mol. The lowest BCUT2D eigenvalue weighted by Gasteiger charge is -2.09. The van der Waals surface area contributed by atoms with E-state index in [0.717, 1.165) is 0 Å². The molecule has 0 amide bonds. The number of aromatic carboxylic acids is 1. The van der Waals surface area contributed by atoms with Crippen LogP contribution >= 0.6 is 0 Å². The van der Waals surface area contributed by atoms with Crippen molar-refractivity contribution >= 4 is 27.4 Å². The summed E-state index contributed by atoms with van der Waals surface area (Å²) < 4.78 is 25.7. The third-order valence-corrected chi connectivity index (χ3v) is 4.37. The quantitative estimate of drug-likeness (QED) is 0.692. The summed E-state index contributed by atoms with van der Waals surface area (Å²) in [6.07, 6.45) is 1.31. The second-order valence-electron chi connectivity index (χ2n) is 3.95. The molecule has 1 aromatic carbocycles. The Kier molecular flexibility index (Phi) is 2.70. The fraction of sp³-hybridized carbons (Fsp3) is 0.300. The summed E-state index contributed by atoms with van der Waals surface area (Å²) in [6, 6.07) is 3.90. The number of nitrogen functional groups attached to an aromatic ring is 1. The van der Waals surface area contributed by atoms with Gasteiger partial charge in [0.15, 0.2) is 0 Å². The molecule has 1 saturated carbocycles. The van der Waals surface area contributed by atoms with Crippen LogP contribution in [0.2, 0.25) is 0 Å². The first-order chi connectivity index (χ1) is 7.90. The summed E-state index contributed by atoms with van der Waals surface area (Å²) in [6.45, 7) is 0. The lowest BCUT2D eigenvalue weighted by atomic mass is 10.2. The Hall–Kier alpha value is -1.76. The van der Waals surface area contributed by atoms with Crippen molar-refractivity contribution in [1.29, 1.82) is 0 Å². The summed E-state index contributed by atoms with van der Waals surface area (Å²) in [4.78, 5) is 10.7. The van der Waals surface area contributed by atoms with Gasteiger partial charge in [0.2, 0.25) is 10.0 Å². The molecule has 1 aliphatic carbocycles. The van der Waals surface area contributed by atoms with Crippen LogP contribution in [-0.2, 0) is 10.0 Å². The minimum atomic E-state index is -3.37. The lowest BCUT2D eigenvalue weighted by Crippen LogP contribution is -2.18. The van der Waals surface area contributed by atoms with Crippen molar-refractivity contribution < 1.29 is 18.3 Å². The number of hydrogen-bond acceptors (Lipinski definition) is 4. The van der Waals surface area contributed by atoms with Gasteiger partial charge in [-0.05, 0) is 31.0 Å². The molecule has 6 nitrogen and oxygen atoms in total. The SMILES string of the molecule is Nc1cc(C(=O)O)ccc1NS(=O)(=O)C1CC1. The van der Waals surface area contributed by atoms with Gasteiger partial charge in [0.1, 0.15) is 0 Å². The number of benzene rings is 1. The smallest absolute Gasteiger partial charge is 0.335 e. The minimum absolute atomic E-state index is 0.0249. The second kappa shape index (κ2) is 3.92. The van der Waals surface area contributed by atoms with Crippen LogP contribution < -0.4 is 10.5 Å². The van der Waals surface area contributed by atoms with Gasteiger partial charge in [-0.2, -0.15) is 0 Å². The maximum Gasteiger partial charge on any atom is 0.335 e. The summed E-state index contributed by atoms with van der Waals surface area (Å²) in [7, 11) is -3.37. The van der Waals surface area contributed by atoms with E-state index in [1.165, 1.54) is 18.2 Å². The van der Waals surface area contributed by atoms with E-state index < -0.39 is 16.0 Å². The van der Waals surface area contributed by atoms with Gasteiger partial charge >= 0.3 is 5.97 Å². The van der Waals surface area contributed by atoms with Gasteiger partial charge in [0.25, 0.3) is 0 Å². The average molecular weight is 256 g/mol. The zero-order valence-electron chi connectivity index (χ0n) is 8.88. The molecule has 0 atom stereocenters. The lowest BCUT2D eigenvalue weighted by molar-refractivity contribution is 0.0697. The summed E-state index contributed by atoms with van der Waals surface area (Å²) >= 11 is 0. The van der Waals surface area contributed by atoms with Crippen LogP contribution in [0.4, 0.5) is 11.4 Å². The van der Waals surface area contributed by atoms with E-state index >= 15 is 0 Å². The number of nitrogens with one attached hydrogen (secondary N) is 1. The fourth-order valence-electron chi connectivity index (χ4n) is 1.40. The van der Waals surface area contributed by atoms with E-state index in [1.807, 2.05) is 0 Å². The molecule has 92 valence electrons. The van der Waals surface area contributed by atoms with Crippen molar-refractivity contribution in [2.24, 2.45) is 0 Å². The molecular formula is C10H12N2O4S. The molecule has 0 aliphatic heterocycles. The summed E-state index contributed by atoms with van der Waals surface area (Å²) in [5, 5.41) is 8.39. The van der Waals surface area contributed by atoms with Gasteiger partial charge < -0.3 is 10.8 Å². The van der Waals surface area contributed by atoms with E-state index in [2.05, 4.69) is 4.72 Å². The van der Waals surface area contributed by atoms with Gasteiger partial charge in [0, 0.05) is 0 Å². The van der Waals surface area contributed by atoms with Crippen LogP contribution in [-0.4, -0.2) is 24.7 Å². The molecule has 0 heterocycles. The molecule has 0 bridgehead atoms. The monoisotopic (exact) mass is 256 g/mol. The number of rotatable bonds is 4. The van der Waals surface area contributed by atoms with Crippen LogP contribution in [0.15, 0.2) is 18.2 Å². The molecule has 2 rings (SSSR count). The first-order valence-electron chi connectivity index (χ1n) is 5.04.